The Balaban J connectivity index is 1.89. The van der Waals surface area contributed by atoms with Crippen LogP contribution in [0.4, 0.5) is 5.69 Å². The van der Waals surface area contributed by atoms with Crippen molar-refractivity contribution in [1.82, 2.24) is 4.90 Å². The van der Waals surface area contributed by atoms with Crippen LogP contribution in [0.15, 0.2) is 24.3 Å². The second kappa shape index (κ2) is 7.19. The molecule has 114 valence electrons. The predicted octanol–water partition coefficient (Wildman–Crippen LogP) is 0.721. The van der Waals surface area contributed by atoms with E-state index in [0.717, 1.165) is 18.5 Å². The molecule has 2 rings (SSSR count). The molecule has 6 heteroatoms. The Kier molecular flexibility index (Phi) is 5.30. The third-order valence-corrected chi connectivity index (χ3v) is 3.45. The lowest BCUT2D eigenvalue weighted by atomic mass is 10.2. The molecule has 1 fully saturated rings. The fourth-order valence-corrected chi connectivity index (χ4v) is 2.28. The number of hydrogen-bond acceptors (Lipinski definition) is 4. The van der Waals surface area contributed by atoms with Gasteiger partial charge in [0.15, 0.2) is 0 Å². The maximum Gasteiger partial charge on any atom is 0.243 e. The van der Waals surface area contributed by atoms with Crippen molar-refractivity contribution in [3.8, 4) is 0 Å². The summed E-state index contributed by atoms with van der Waals surface area (Å²) in [4.78, 5) is 25.2. The number of methoxy groups -OCH3 is 1. The molecule has 0 aromatic heterocycles. The molecule has 0 spiro atoms. The predicted molar refractivity (Wildman–Crippen MR) is 79.6 cm³/mol. The first-order valence-electron chi connectivity index (χ1n) is 7.02. The minimum Gasteiger partial charge on any atom is -0.383 e. The van der Waals surface area contributed by atoms with Gasteiger partial charge in [-0.3, -0.25) is 9.59 Å². The van der Waals surface area contributed by atoms with Crippen molar-refractivity contribution < 1.29 is 14.3 Å². The maximum absolute atomic E-state index is 11.7. The summed E-state index contributed by atoms with van der Waals surface area (Å²) < 4.78 is 4.84. The smallest absolute Gasteiger partial charge is 0.243 e. The first-order valence-corrected chi connectivity index (χ1v) is 7.02. The van der Waals surface area contributed by atoms with Crippen molar-refractivity contribution in [2.24, 2.45) is 5.73 Å². The maximum atomic E-state index is 11.7. The van der Waals surface area contributed by atoms with Crippen LogP contribution >= 0.6 is 0 Å². The number of nitrogens with one attached hydrogen (secondary N) is 1. The number of rotatable bonds is 6. The van der Waals surface area contributed by atoms with Gasteiger partial charge in [0, 0.05) is 32.3 Å². The Bertz CT molecular complexity index is 501. The molecule has 1 saturated heterocycles. The summed E-state index contributed by atoms with van der Waals surface area (Å²) in [6.07, 6.45) is 1.58. The number of carbonyl (C=O) groups is 2. The molecule has 0 radical (unpaired) electrons. The number of hydrogen-bond donors (Lipinski definition) is 2. The Morgan fingerprint density at radius 1 is 1.43 bits per heavy atom. The largest absolute Gasteiger partial charge is 0.383 e. The number of likely N-dealkylation sites (tertiary alicyclic amines) is 1. The van der Waals surface area contributed by atoms with Crippen molar-refractivity contribution in [2.75, 3.05) is 25.6 Å². The SMILES string of the molecule is COCC(N)C(=O)Nc1ccc(CN2CCCC2=O)cc1. The van der Waals surface area contributed by atoms with Gasteiger partial charge in [0.25, 0.3) is 0 Å². The molecule has 21 heavy (non-hydrogen) atoms. The highest BCUT2D eigenvalue weighted by Crippen LogP contribution is 2.16. The molecule has 1 aliphatic heterocycles. The monoisotopic (exact) mass is 291 g/mol. The average molecular weight is 291 g/mol. The number of nitrogens with zero attached hydrogens (tertiary/aromatic N) is 1. The third-order valence-electron chi connectivity index (χ3n) is 3.45. The molecule has 2 amide bonds. The minimum absolute atomic E-state index is 0.182. The van der Waals surface area contributed by atoms with Crippen LogP contribution in [0.25, 0.3) is 0 Å². The summed E-state index contributed by atoms with van der Waals surface area (Å²) in [5.74, 6) is -0.0720. The van der Waals surface area contributed by atoms with E-state index in [1.807, 2.05) is 29.2 Å². The number of carbonyl (C=O) groups excluding carboxylic acids is 2. The lowest BCUT2D eigenvalue weighted by Crippen LogP contribution is -2.39. The Hall–Kier alpha value is -1.92. The second-order valence-electron chi connectivity index (χ2n) is 5.17. The fourth-order valence-electron chi connectivity index (χ4n) is 2.28. The van der Waals surface area contributed by atoms with Crippen LogP contribution in [0.2, 0.25) is 0 Å². The summed E-state index contributed by atoms with van der Waals surface area (Å²) in [5, 5.41) is 2.73. The standard InChI is InChI=1S/C15H21N3O3/c1-21-10-13(16)15(20)17-12-6-4-11(5-7-12)9-18-8-2-3-14(18)19/h4-7,13H,2-3,8-10,16H2,1H3,(H,17,20). The summed E-state index contributed by atoms with van der Waals surface area (Å²) in [5.41, 5.74) is 7.38. The van der Waals surface area contributed by atoms with Gasteiger partial charge >= 0.3 is 0 Å². The highest BCUT2D eigenvalue weighted by molar-refractivity contribution is 5.94. The zero-order valence-corrected chi connectivity index (χ0v) is 12.2. The molecule has 1 heterocycles. The van der Waals surface area contributed by atoms with Crippen LogP contribution in [0.1, 0.15) is 18.4 Å². The summed E-state index contributed by atoms with van der Waals surface area (Å²) >= 11 is 0. The molecule has 1 atom stereocenters. The molecule has 1 aromatic carbocycles. The molecule has 6 nitrogen and oxygen atoms in total. The highest BCUT2D eigenvalue weighted by Gasteiger charge is 2.20. The first-order chi connectivity index (χ1) is 10.1. The number of nitrogens with two attached hydrogens (primary N) is 1. The normalized spacial score (nSPS) is 16.1. The molecule has 1 aliphatic rings. The Morgan fingerprint density at radius 2 is 2.14 bits per heavy atom. The highest BCUT2D eigenvalue weighted by atomic mass is 16.5. The molecular formula is C15H21N3O3. The lowest BCUT2D eigenvalue weighted by Gasteiger charge is -2.16. The van der Waals surface area contributed by atoms with Crippen LogP contribution in [-0.2, 0) is 20.9 Å². The Morgan fingerprint density at radius 3 is 2.71 bits per heavy atom. The first kappa shape index (κ1) is 15.5. The van der Waals surface area contributed by atoms with Crippen molar-refractivity contribution in [2.45, 2.75) is 25.4 Å². The molecule has 0 bridgehead atoms. The van der Waals surface area contributed by atoms with Crippen LogP contribution in [0.3, 0.4) is 0 Å². The number of amides is 2. The van der Waals surface area contributed by atoms with E-state index in [4.69, 9.17) is 10.5 Å². The minimum atomic E-state index is -0.683. The number of anilines is 1. The zero-order valence-electron chi connectivity index (χ0n) is 12.2. The van der Waals surface area contributed by atoms with Crippen LogP contribution in [0.5, 0.6) is 0 Å². The molecule has 0 saturated carbocycles. The lowest BCUT2D eigenvalue weighted by molar-refractivity contribution is -0.128. The van der Waals surface area contributed by atoms with E-state index in [-0.39, 0.29) is 18.4 Å². The van der Waals surface area contributed by atoms with Crippen molar-refractivity contribution in [1.29, 1.82) is 0 Å². The topological polar surface area (TPSA) is 84.7 Å². The van der Waals surface area contributed by atoms with Crippen LogP contribution in [0, 0.1) is 0 Å². The van der Waals surface area contributed by atoms with E-state index in [9.17, 15) is 9.59 Å². The summed E-state index contributed by atoms with van der Waals surface area (Å²) in [6.45, 7) is 1.63. The Labute approximate surface area is 124 Å². The molecule has 1 unspecified atom stereocenters. The van der Waals surface area contributed by atoms with E-state index < -0.39 is 6.04 Å². The summed E-state index contributed by atoms with van der Waals surface area (Å²) in [6, 6.07) is 6.75. The van der Waals surface area contributed by atoms with Gasteiger partial charge in [-0.1, -0.05) is 12.1 Å². The molecule has 0 aliphatic carbocycles. The van der Waals surface area contributed by atoms with Gasteiger partial charge in [-0.15, -0.1) is 0 Å². The van der Waals surface area contributed by atoms with Crippen molar-refractivity contribution >= 4 is 17.5 Å². The third kappa shape index (κ3) is 4.27. The molecular weight excluding hydrogens is 270 g/mol. The summed E-state index contributed by atoms with van der Waals surface area (Å²) in [7, 11) is 1.50. The second-order valence-corrected chi connectivity index (χ2v) is 5.17. The van der Waals surface area contributed by atoms with E-state index in [1.165, 1.54) is 7.11 Å². The van der Waals surface area contributed by atoms with E-state index in [2.05, 4.69) is 5.32 Å². The van der Waals surface area contributed by atoms with Crippen molar-refractivity contribution in [3.05, 3.63) is 29.8 Å². The van der Waals surface area contributed by atoms with E-state index >= 15 is 0 Å². The van der Waals surface area contributed by atoms with Crippen LogP contribution in [-0.4, -0.2) is 43.0 Å². The molecule has 1 aromatic rings. The van der Waals surface area contributed by atoms with Crippen molar-refractivity contribution in [3.63, 3.8) is 0 Å². The van der Waals surface area contributed by atoms with Crippen LogP contribution < -0.4 is 11.1 Å². The van der Waals surface area contributed by atoms with Gasteiger partial charge in [-0.05, 0) is 24.1 Å². The van der Waals surface area contributed by atoms with Gasteiger partial charge in [-0.2, -0.15) is 0 Å². The van der Waals surface area contributed by atoms with Gasteiger partial charge in [0.05, 0.1) is 6.61 Å². The van der Waals surface area contributed by atoms with E-state index in [1.54, 1.807) is 0 Å². The molecule has 3 N–H and O–H groups in total. The average Bonchev–Trinajstić information content (AvgIpc) is 2.86. The van der Waals surface area contributed by atoms with Gasteiger partial charge in [-0.25, -0.2) is 0 Å². The van der Waals surface area contributed by atoms with Gasteiger partial charge in [0.2, 0.25) is 11.8 Å². The number of benzene rings is 1. The number of ether oxygens (including phenoxy) is 1. The quantitative estimate of drug-likeness (QED) is 0.809. The van der Waals surface area contributed by atoms with Gasteiger partial charge < -0.3 is 20.7 Å². The zero-order chi connectivity index (χ0) is 15.2. The van der Waals surface area contributed by atoms with Gasteiger partial charge in [0.1, 0.15) is 6.04 Å². The fraction of sp³-hybridized carbons (Fsp3) is 0.467. The van der Waals surface area contributed by atoms with E-state index in [0.29, 0.717) is 18.7 Å².